The van der Waals surface area contributed by atoms with E-state index < -0.39 is 0 Å². The number of nitrogens with zero attached hydrogens (tertiary/aromatic N) is 5. The van der Waals surface area contributed by atoms with Crippen molar-refractivity contribution in [3.63, 3.8) is 0 Å². The third kappa shape index (κ3) is 3.08. The number of aromatic nitrogens is 5. The lowest BCUT2D eigenvalue weighted by molar-refractivity contribution is 0.312. The first-order valence-electron chi connectivity index (χ1n) is 9.52. The molecular weight excluding hydrogens is 362 g/mol. The van der Waals surface area contributed by atoms with Crippen LogP contribution in [0, 0.1) is 6.92 Å². The minimum absolute atomic E-state index is 0.389. The van der Waals surface area contributed by atoms with E-state index in [4.69, 9.17) is 4.74 Å². The minimum atomic E-state index is 0.389. The van der Waals surface area contributed by atoms with Crippen molar-refractivity contribution in [2.45, 2.75) is 13.8 Å². The predicted molar refractivity (Wildman–Crippen MR) is 113 cm³/mol. The molecular formula is C23H19N5O. The van der Waals surface area contributed by atoms with Crippen LogP contribution in [0.15, 0.2) is 67.3 Å². The quantitative estimate of drug-likeness (QED) is 0.451. The summed E-state index contributed by atoms with van der Waals surface area (Å²) in [4.78, 5) is 17.8. The summed E-state index contributed by atoms with van der Waals surface area (Å²) in [6.45, 7) is 4.48. The van der Waals surface area contributed by atoms with Crippen LogP contribution in [0.1, 0.15) is 12.6 Å². The smallest absolute Gasteiger partial charge is 0.316 e. The van der Waals surface area contributed by atoms with Gasteiger partial charge in [0.15, 0.2) is 0 Å². The van der Waals surface area contributed by atoms with Crippen LogP contribution >= 0.6 is 0 Å². The topological polar surface area (TPSA) is 65.2 Å². The summed E-state index contributed by atoms with van der Waals surface area (Å²) in [7, 11) is 0. The highest BCUT2D eigenvalue weighted by molar-refractivity contribution is 5.94. The molecule has 0 unspecified atom stereocenters. The third-order valence-corrected chi connectivity index (χ3v) is 4.87. The molecule has 4 heterocycles. The van der Waals surface area contributed by atoms with E-state index in [2.05, 4.69) is 36.5 Å². The normalized spacial score (nSPS) is 11.2. The Bertz CT molecular complexity index is 1320. The monoisotopic (exact) mass is 381 g/mol. The Hall–Kier alpha value is -3.80. The maximum absolute atomic E-state index is 5.32. The maximum Gasteiger partial charge on any atom is 0.316 e. The fourth-order valence-corrected chi connectivity index (χ4v) is 3.55. The Morgan fingerprint density at radius 1 is 0.931 bits per heavy atom. The van der Waals surface area contributed by atoms with Crippen molar-refractivity contribution in [3.8, 4) is 28.4 Å². The first-order chi connectivity index (χ1) is 14.2. The van der Waals surface area contributed by atoms with Gasteiger partial charge in [-0.25, -0.2) is 15.0 Å². The summed E-state index contributed by atoms with van der Waals surface area (Å²) in [5, 5.41) is 1.11. The first-order valence-corrected chi connectivity index (χ1v) is 9.52. The number of para-hydroxylation sites is 1. The molecule has 6 nitrogen and oxygen atoms in total. The number of aryl methyl sites for hydroxylation is 1. The largest absolute Gasteiger partial charge is 0.464 e. The van der Waals surface area contributed by atoms with Crippen LogP contribution < -0.4 is 4.74 Å². The van der Waals surface area contributed by atoms with Crippen LogP contribution in [0.25, 0.3) is 38.9 Å². The van der Waals surface area contributed by atoms with Gasteiger partial charge in [-0.3, -0.25) is 9.38 Å². The Morgan fingerprint density at radius 3 is 2.59 bits per heavy atom. The summed E-state index contributed by atoms with van der Waals surface area (Å²) < 4.78 is 7.42. The Balaban J connectivity index is 1.60. The van der Waals surface area contributed by atoms with Crippen molar-refractivity contribution < 1.29 is 4.74 Å². The van der Waals surface area contributed by atoms with Crippen LogP contribution in [0.3, 0.4) is 0 Å². The number of pyridine rings is 2. The van der Waals surface area contributed by atoms with E-state index in [1.165, 1.54) is 0 Å². The minimum Gasteiger partial charge on any atom is -0.464 e. The molecule has 0 aliphatic carbocycles. The van der Waals surface area contributed by atoms with Crippen LogP contribution in [-0.4, -0.2) is 30.9 Å². The van der Waals surface area contributed by atoms with Gasteiger partial charge >= 0.3 is 6.01 Å². The highest BCUT2D eigenvalue weighted by atomic mass is 16.5. The van der Waals surface area contributed by atoms with E-state index in [-0.39, 0.29) is 0 Å². The molecule has 6 heteroatoms. The van der Waals surface area contributed by atoms with Crippen LogP contribution in [0.5, 0.6) is 6.01 Å². The average Bonchev–Trinajstić information content (AvgIpc) is 3.17. The van der Waals surface area contributed by atoms with Crippen molar-refractivity contribution in [3.05, 3.63) is 72.9 Å². The van der Waals surface area contributed by atoms with Crippen molar-refractivity contribution in [1.29, 1.82) is 0 Å². The van der Waals surface area contributed by atoms with Gasteiger partial charge in [-0.1, -0.05) is 18.2 Å². The predicted octanol–water partition coefficient (Wildman–Crippen LogP) is 4.71. The molecule has 1 aromatic carbocycles. The zero-order valence-corrected chi connectivity index (χ0v) is 16.2. The number of hydrogen-bond donors (Lipinski definition) is 0. The summed E-state index contributed by atoms with van der Waals surface area (Å²) in [5.41, 5.74) is 6.93. The van der Waals surface area contributed by atoms with Gasteiger partial charge < -0.3 is 4.74 Å². The SMILES string of the molecule is CCOc1ncc(-c2ccn3c(-c4cc(C)nc5ccccc45)cnc3c2)cn1. The van der Waals surface area contributed by atoms with Gasteiger partial charge in [0.05, 0.1) is 24.0 Å². The lowest BCUT2D eigenvalue weighted by Crippen LogP contribution is -1.97. The van der Waals surface area contributed by atoms with Gasteiger partial charge in [-0.2, -0.15) is 0 Å². The molecule has 5 rings (SSSR count). The number of ether oxygens (including phenoxy) is 1. The van der Waals surface area contributed by atoms with E-state index in [0.29, 0.717) is 12.6 Å². The molecule has 0 spiro atoms. The fraction of sp³-hybridized carbons (Fsp3) is 0.130. The van der Waals surface area contributed by atoms with Crippen molar-refractivity contribution in [2.75, 3.05) is 6.61 Å². The van der Waals surface area contributed by atoms with E-state index in [1.54, 1.807) is 12.4 Å². The fourth-order valence-electron chi connectivity index (χ4n) is 3.55. The first kappa shape index (κ1) is 17.3. The average molecular weight is 381 g/mol. The van der Waals surface area contributed by atoms with E-state index in [9.17, 15) is 0 Å². The standard InChI is InChI=1S/C23H19N5O/c1-3-29-23-25-12-17(13-26-23)16-8-9-28-21(14-24-22(28)11-16)19-10-15(2)27-20-7-5-4-6-18(19)20/h4-14H,3H2,1-2H3. The second kappa shape index (κ2) is 6.98. The molecule has 4 aromatic heterocycles. The lowest BCUT2D eigenvalue weighted by Gasteiger charge is -2.09. The van der Waals surface area contributed by atoms with Gasteiger partial charge in [-0.15, -0.1) is 0 Å². The molecule has 0 saturated carbocycles. The highest BCUT2D eigenvalue weighted by Gasteiger charge is 2.12. The van der Waals surface area contributed by atoms with Crippen molar-refractivity contribution >= 4 is 16.6 Å². The number of rotatable bonds is 4. The van der Waals surface area contributed by atoms with Gasteiger partial charge in [0.1, 0.15) is 5.65 Å². The molecule has 0 aliphatic heterocycles. The summed E-state index contributed by atoms with van der Waals surface area (Å²) in [6.07, 6.45) is 7.49. The summed E-state index contributed by atoms with van der Waals surface area (Å²) >= 11 is 0. The van der Waals surface area contributed by atoms with Gasteiger partial charge in [0.25, 0.3) is 0 Å². The van der Waals surface area contributed by atoms with Gasteiger partial charge in [0.2, 0.25) is 0 Å². The second-order valence-electron chi connectivity index (χ2n) is 6.80. The molecule has 0 saturated heterocycles. The molecule has 0 amide bonds. The van der Waals surface area contributed by atoms with E-state index in [1.807, 2.05) is 56.6 Å². The number of hydrogen-bond acceptors (Lipinski definition) is 5. The molecule has 5 aromatic rings. The van der Waals surface area contributed by atoms with Crippen LogP contribution in [0.2, 0.25) is 0 Å². The van der Waals surface area contributed by atoms with Crippen molar-refractivity contribution in [1.82, 2.24) is 24.3 Å². The molecule has 29 heavy (non-hydrogen) atoms. The maximum atomic E-state index is 5.32. The van der Waals surface area contributed by atoms with Gasteiger partial charge in [0, 0.05) is 40.8 Å². The lowest BCUT2D eigenvalue weighted by atomic mass is 10.1. The van der Waals surface area contributed by atoms with Crippen molar-refractivity contribution in [2.24, 2.45) is 0 Å². The molecule has 0 bridgehead atoms. The molecule has 0 aliphatic rings. The van der Waals surface area contributed by atoms with Crippen LogP contribution in [-0.2, 0) is 0 Å². The van der Waals surface area contributed by atoms with E-state index >= 15 is 0 Å². The molecule has 142 valence electrons. The zero-order valence-electron chi connectivity index (χ0n) is 16.2. The highest BCUT2D eigenvalue weighted by Crippen LogP contribution is 2.30. The molecule has 0 fully saturated rings. The number of benzene rings is 1. The Labute approximate surface area is 167 Å². The Morgan fingerprint density at radius 2 is 1.76 bits per heavy atom. The Kier molecular flexibility index (Phi) is 4.17. The number of imidazole rings is 1. The summed E-state index contributed by atoms with van der Waals surface area (Å²) in [6, 6.07) is 14.8. The zero-order chi connectivity index (χ0) is 19.8. The number of fused-ring (bicyclic) bond motifs is 2. The van der Waals surface area contributed by atoms with Gasteiger partial charge in [-0.05, 0) is 43.7 Å². The molecule has 0 atom stereocenters. The molecule has 0 radical (unpaired) electrons. The molecule has 0 N–H and O–H groups in total. The van der Waals surface area contributed by atoms with Crippen LogP contribution in [0.4, 0.5) is 0 Å². The third-order valence-electron chi connectivity index (χ3n) is 4.87. The van der Waals surface area contributed by atoms with E-state index in [0.717, 1.165) is 44.6 Å². The summed E-state index contributed by atoms with van der Waals surface area (Å²) in [5.74, 6) is 0. The second-order valence-corrected chi connectivity index (χ2v) is 6.80.